The Morgan fingerprint density at radius 1 is 1.07 bits per heavy atom. The number of Topliss-reactive ketones (excluding diaryl/α,β-unsaturated/α-hetero) is 1. The van der Waals surface area contributed by atoms with Crippen molar-refractivity contribution < 1.29 is 19.4 Å². The fourth-order valence-corrected chi connectivity index (χ4v) is 3.94. The van der Waals surface area contributed by atoms with Crippen molar-refractivity contribution in [3.05, 3.63) is 71.1 Å². The minimum atomic E-state index is -0.656. The quantitative estimate of drug-likeness (QED) is 0.465. The topological polar surface area (TPSA) is 83.0 Å². The number of hydrogen-bond acceptors (Lipinski definition) is 6. The molecule has 1 aromatic heterocycles. The molecule has 2 aliphatic heterocycles. The molecule has 0 spiro atoms. The molecule has 1 atom stereocenters. The number of carbonyl (C=O) groups is 2. The fraction of sp³-hybridized carbons (Fsp3) is 0.348. The second kappa shape index (κ2) is 8.77. The summed E-state index contributed by atoms with van der Waals surface area (Å²) in [6.07, 6.45) is 3.26. The summed E-state index contributed by atoms with van der Waals surface area (Å²) < 4.78 is 5.38. The molecule has 0 saturated carbocycles. The van der Waals surface area contributed by atoms with Gasteiger partial charge in [-0.3, -0.25) is 19.5 Å². The van der Waals surface area contributed by atoms with Gasteiger partial charge in [0.25, 0.3) is 11.7 Å². The van der Waals surface area contributed by atoms with Crippen molar-refractivity contribution in [3.8, 4) is 0 Å². The first kappa shape index (κ1) is 20.3. The van der Waals surface area contributed by atoms with E-state index < -0.39 is 17.7 Å². The highest BCUT2D eigenvalue weighted by Crippen LogP contribution is 2.39. The van der Waals surface area contributed by atoms with Crippen LogP contribution in [-0.2, 0) is 14.3 Å². The average Bonchev–Trinajstić information content (AvgIpc) is 3.04. The minimum Gasteiger partial charge on any atom is -0.507 e. The minimum absolute atomic E-state index is 0.122. The number of aromatic nitrogens is 1. The lowest BCUT2D eigenvalue weighted by Crippen LogP contribution is -2.42. The van der Waals surface area contributed by atoms with Crippen LogP contribution in [0.4, 0.5) is 0 Å². The molecule has 156 valence electrons. The number of rotatable bonds is 5. The highest BCUT2D eigenvalue weighted by molar-refractivity contribution is 6.46. The number of morpholine rings is 1. The highest BCUT2D eigenvalue weighted by Gasteiger charge is 2.46. The predicted octanol–water partition coefficient (Wildman–Crippen LogP) is 2.14. The van der Waals surface area contributed by atoms with Crippen LogP contribution in [-0.4, -0.2) is 71.0 Å². The maximum atomic E-state index is 13.0. The van der Waals surface area contributed by atoms with Gasteiger partial charge in [-0.15, -0.1) is 0 Å². The van der Waals surface area contributed by atoms with Crippen molar-refractivity contribution in [1.29, 1.82) is 0 Å². The molecule has 2 saturated heterocycles. The van der Waals surface area contributed by atoms with Gasteiger partial charge < -0.3 is 14.7 Å². The summed E-state index contributed by atoms with van der Waals surface area (Å²) in [7, 11) is 0. The van der Waals surface area contributed by atoms with Crippen LogP contribution >= 0.6 is 0 Å². The number of ether oxygens (including phenoxy) is 1. The molecule has 0 radical (unpaired) electrons. The molecule has 1 amide bonds. The normalized spacial score (nSPS) is 21.9. The Kier molecular flexibility index (Phi) is 5.92. The van der Waals surface area contributed by atoms with E-state index in [1.807, 2.05) is 19.1 Å². The third-order valence-corrected chi connectivity index (χ3v) is 5.65. The largest absolute Gasteiger partial charge is 0.507 e. The summed E-state index contributed by atoms with van der Waals surface area (Å²) in [6.45, 7) is 5.91. The van der Waals surface area contributed by atoms with E-state index in [9.17, 15) is 14.7 Å². The smallest absolute Gasteiger partial charge is 0.295 e. The zero-order chi connectivity index (χ0) is 21.1. The molecule has 2 fully saturated rings. The summed E-state index contributed by atoms with van der Waals surface area (Å²) in [5.41, 5.74) is 2.44. The standard InChI is InChI=1S/C23H25N3O4/c1-16-2-4-18(5-3-16)21(27)19-20(17-6-8-24-9-7-17)26(23(29)22(19)28)11-10-25-12-14-30-15-13-25/h2-9,20,27H,10-15H2,1H3/t20-/m1/s1. The number of amides is 1. The van der Waals surface area contributed by atoms with Gasteiger partial charge in [-0.25, -0.2) is 0 Å². The van der Waals surface area contributed by atoms with Crippen LogP contribution < -0.4 is 0 Å². The molecule has 3 heterocycles. The number of nitrogens with zero attached hydrogens (tertiary/aromatic N) is 3. The van der Waals surface area contributed by atoms with Crippen LogP contribution in [0.2, 0.25) is 0 Å². The number of hydrogen-bond donors (Lipinski definition) is 1. The van der Waals surface area contributed by atoms with Crippen molar-refractivity contribution in [2.24, 2.45) is 0 Å². The van der Waals surface area contributed by atoms with E-state index in [2.05, 4.69) is 9.88 Å². The molecular formula is C23H25N3O4. The van der Waals surface area contributed by atoms with Crippen molar-refractivity contribution >= 4 is 17.4 Å². The summed E-state index contributed by atoms with van der Waals surface area (Å²) in [5.74, 6) is -1.39. The van der Waals surface area contributed by atoms with E-state index in [0.29, 0.717) is 31.9 Å². The molecule has 30 heavy (non-hydrogen) atoms. The molecule has 7 heteroatoms. The molecule has 0 aliphatic carbocycles. The summed E-state index contributed by atoms with van der Waals surface area (Å²) in [4.78, 5) is 33.7. The first-order chi connectivity index (χ1) is 14.6. The molecule has 7 nitrogen and oxygen atoms in total. The number of ketones is 1. The average molecular weight is 407 g/mol. The van der Waals surface area contributed by atoms with Crippen molar-refractivity contribution in [2.75, 3.05) is 39.4 Å². The van der Waals surface area contributed by atoms with E-state index in [0.717, 1.165) is 24.2 Å². The number of pyridine rings is 1. The predicted molar refractivity (Wildman–Crippen MR) is 112 cm³/mol. The van der Waals surface area contributed by atoms with E-state index in [1.54, 1.807) is 41.6 Å². The Morgan fingerprint density at radius 2 is 1.73 bits per heavy atom. The molecular weight excluding hydrogens is 382 g/mol. The molecule has 4 rings (SSSR count). The van der Waals surface area contributed by atoms with Gasteiger partial charge in [0.1, 0.15) is 5.76 Å². The summed E-state index contributed by atoms with van der Waals surface area (Å²) in [5, 5.41) is 11.0. The SMILES string of the molecule is Cc1ccc(C(O)=C2C(=O)C(=O)N(CCN3CCOCC3)[C@@H]2c2ccncc2)cc1. The van der Waals surface area contributed by atoms with Gasteiger partial charge in [0.2, 0.25) is 0 Å². The number of aryl methyl sites for hydroxylation is 1. The highest BCUT2D eigenvalue weighted by atomic mass is 16.5. The van der Waals surface area contributed by atoms with Gasteiger partial charge in [-0.05, 0) is 24.6 Å². The van der Waals surface area contributed by atoms with Gasteiger partial charge in [-0.2, -0.15) is 0 Å². The third-order valence-electron chi connectivity index (χ3n) is 5.65. The van der Waals surface area contributed by atoms with Crippen LogP contribution in [0.1, 0.15) is 22.7 Å². The lowest BCUT2D eigenvalue weighted by Gasteiger charge is -2.30. The van der Waals surface area contributed by atoms with Crippen LogP contribution in [0, 0.1) is 6.92 Å². The first-order valence-corrected chi connectivity index (χ1v) is 10.1. The monoisotopic (exact) mass is 407 g/mol. The van der Waals surface area contributed by atoms with Crippen molar-refractivity contribution in [3.63, 3.8) is 0 Å². The van der Waals surface area contributed by atoms with Crippen LogP contribution in [0.15, 0.2) is 54.4 Å². The Balaban J connectivity index is 1.71. The van der Waals surface area contributed by atoms with Crippen molar-refractivity contribution in [2.45, 2.75) is 13.0 Å². The van der Waals surface area contributed by atoms with E-state index >= 15 is 0 Å². The maximum absolute atomic E-state index is 13.0. The second-order valence-electron chi connectivity index (χ2n) is 7.59. The summed E-state index contributed by atoms with van der Waals surface area (Å²) >= 11 is 0. The number of likely N-dealkylation sites (tertiary alicyclic amines) is 1. The van der Waals surface area contributed by atoms with Crippen molar-refractivity contribution in [1.82, 2.24) is 14.8 Å². The summed E-state index contributed by atoms with van der Waals surface area (Å²) in [6, 6.07) is 10.2. The van der Waals surface area contributed by atoms with Crippen LogP contribution in [0.3, 0.4) is 0 Å². The first-order valence-electron chi connectivity index (χ1n) is 10.1. The van der Waals surface area contributed by atoms with Gasteiger partial charge in [0, 0.05) is 44.1 Å². The fourth-order valence-electron chi connectivity index (χ4n) is 3.94. The van der Waals surface area contributed by atoms with Gasteiger partial charge in [0.05, 0.1) is 24.8 Å². The number of aliphatic hydroxyl groups excluding tert-OH is 1. The van der Waals surface area contributed by atoms with E-state index in [1.165, 1.54) is 0 Å². The lowest BCUT2D eigenvalue weighted by atomic mass is 9.95. The Labute approximate surface area is 175 Å². The third kappa shape index (κ3) is 3.99. The maximum Gasteiger partial charge on any atom is 0.295 e. The Morgan fingerprint density at radius 3 is 2.40 bits per heavy atom. The molecule has 1 N–H and O–H groups in total. The van der Waals surface area contributed by atoms with Gasteiger partial charge in [-0.1, -0.05) is 29.8 Å². The molecule has 2 aromatic rings. The molecule has 0 unspecified atom stereocenters. The number of carbonyl (C=O) groups excluding carboxylic acids is 2. The zero-order valence-corrected chi connectivity index (χ0v) is 17.0. The van der Waals surface area contributed by atoms with Gasteiger partial charge in [0.15, 0.2) is 0 Å². The number of aliphatic hydroxyl groups is 1. The van der Waals surface area contributed by atoms with Crippen LogP contribution in [0.25, 0.3) is 5.76 Å². The molecule has 2 aliphatic rings. The lowest BCUT2D eigenvalue weighted by molar-refractivity contribution is -0.140. The van der Waals surface area contributed by atoms with Gasteiger partial charge >= 0.3 is 0 Å². The Hall–Kier alpha value is -3.03. The second-order valence-corrected chi connectivity index (χ2v) is 7.59. The van der Waals surface area contributed by atoms with Crippen LogP contribution in [0.5, 0.6) is 0 Å². The molecule has 0 bridgehead atoms. The van der Waals surface area contributed by atoms with E-state index in [4.69, 9.17) is 4.74 Å². The molecule has 1 aromatic carbocycles. The Bertz CT molecular complexity index is 950. The van der Waals surface area contributed by atoms with E-state index in [-0.39, 0.29) is 11.3 Å². The zero-order valence-electron chi connectivity index (χ0n) is 17.0. The number of benzene rings is 1.